The summed E-state index contributed by atoms with van der Waals surface area (Å²) in [5.41, 5.74) is 2.57. The number of hydrogen-bond donors (Lipinski definition) is 1. The zero-order valence-corrected chi connectivity index (χ0v) is 21.3. The van der Waals surface area contributed by atoms with Gasteiger partial charge in [0.15, 0.2) is 5.96 Å². The SMILES string of the molecule is CN=C(NCc1ccc(CN2CCOCC2)cc1)N1CCN(C(=O)C2CCCO2)CC1.I. The Morgan fingerprint density at radius 3 is 2.28 bits per heavy atom. The van der Waals surface area contributed by atoms with Gasteiger partial charge in [-0.25, -0.2) is 0 Å². The molecule has 0 bridgehead atoms. The van der Waals surface area contributed by atoms with Gasteiger partial charge in [-0.3, -0.25) is 14.7 Å². The summed E-state index contributed by atoms with van der Waals surface area (Å²) in [6.07, 6.45) is 1.62. The summed E-state index contributed by atoms with van der Waals surface area (Å²) in [5.74, 6) is 1.04. The van der Waals surface area contributed by atoms with Crippen LogP contribution in [0.1, 0.15) is 24.0 Å². The largest absolute Gasteiger partial charge is 0.379 e. The lowest BCUT2D eigenvalue weighted by atomic mass is 10.1. The second kappa shape index (κ2) is 12.7. The fourth-order valence-electron chi connectivity index (χ4n) is 4.41. The molecule has 1 N–H and O–H groups in total. The number of nitrogens with one attached hydrogen (secondary N) is 1. The van der Waals surface area contributed by atoms with Gasteiger partial charge in [0.25, 0.3) is 5.91 Å². The molecule has 1 unspecified atom stereocenters. The predicted molar refractivity (Wildman–Crippen MR) is 135 cm³/mol. The predicted octanol–water partition coefficient (Wildman–Crippen LogP) is 1.54. The normalized spacial score (nSPS) is 22.5. The second-order valence-electron chi connectivity index (χ2n) is 8.42. The molecule has 178 valence electrons. The van der Waals surface area contributed by atoms with Crippen LogP contribution < -0.4 is 5.32 Å². The van der Waals surface area contributed by atoms with Crippen LogP contribution in [0.2, 0.25) is 0 Å². The van der Waals surface area contributed by atoms with Gasteiger partial charge in [-0.15, -0.1) is 24.0 Å². The first-order valence-corrected chi connectivity index (χ1v) is 11.5. The lowest BCUT2D eigenvalue weighted by Crippen LogP contribution is -2.55. The van der Waals surface area contributed by atoms with Crippen LogP contribution in [0.15, 0.2) is 29.3 Å². The molecule has 32 heavy (non-hydrogen) atoms. The molecule has 3 aliphatic heterocycles. The van der Waals surface area contributed by atoms with E-state index in [0.717, 1.165) is 84.4 Å². The van der Waals surface area contributed by atoms with Crippen LogP contribution in [0.5, 0.6) is 0 Å². The topological polar surface area (TPSA) is 69.6 Å². The van der Waals surface area contributed by atoms with Crippen LogP contribution in [-0.2, 0) is 27.4 Å². The van der Waals surface area contributed by atoms with Crippen LogP contribution in [0, 0.1) is 0 Å². The van der Waals surface area contributed by atoms with Crippen LogP contribution in [-0.4, -0.2) is 98.8 Å². The van der Waals surface area contributed by atoms with Gasteiger partial charge in [-0.2, -0.15) is 0 Å². The first-order valence-electron chi connectivity index (χ1n) is 11.5. The van der Waals surface area contributed by atoms with E-state index in [1.54, 1.807) is 0 Å². The zero-order chi connectivity index (χ0) is 21.5. The molecule has 1 aromatic carbocycles. The number of benzene rings is 1. The molecule has 3 heterocycles. The number of halogens is 1. The summed E-state index contributed by atoms with van der Waals surface area (Å²) in [4.78, 5) is 23.6. The van der Waals surface area contributed by atoms with E-state index in [-0.39, 0.29) is 36.0 Å². The molecule has 0 aliphatic carbocycles. The Hall–Kier alpha value is -1.43. The van der Waals surface area contributed by atoms with Gasteiger partial charge < -0.3 is 24.6 Å². The lowest BCUT2D eigenvalue weighted by Gasteiger charge is -2.37. The highest BCUT2D eigenvalue weighted by Crippen LogP contribution is 2.16. The molecule has 9 heteroatoms. The molecule has 4 rings (SSSR count). The van der Waals surface area contributed by atoms with E-state index in [2.05, 4.69) is 44.4 Å². The average molecular weight is 557 g/mol. The van der Waals surface area contributed by atoms with Gasteiger partial charge in [-0.1, -0.05) is 24.3 Å². The molecule has 0 saturated carbocycles. The second-order valence-corrected chi connectivity index (χ2v) is 8.42. The van der Waals surface area contributed by atoms with E-state index in [1.807, 2.05) is 11.9 Å². The molecule has 0 radical (unpaired) electrons. The highest BCUT2D eigenvalue weighted by Gasteiger charge is 2.30. The monoisotopic (exact) mass is 557 g/mol. The van der Waals surface area contributed by atoms with Gasteiger partial charge in [-0.05, 0) is 24.0 Å². The Morgan fingerprint density at radius 1 is 1.00 bits per heavy atom. The molecule has 3 saturated heterocycles. The molecule has 0 spiro atoms. The van der Waals surface area contributed by atoms with E-state index in [4.69, 9.17) is 9.47 Å². The Labute approximate surface area is 208 Å². The van der Waals surface area contributed by atoms with Crippen LogP contribution in [0.4, 0.5) is 0 Å². The van der Waals surface area contributed by atoms with Crippen molar-refractivity contribution in [3.63, 3.8) is 0 Å². The highest BCUT2D eigenvalue weighted by atomic mass is 127. The first kappa shape index (κ1) is 25.2. The van der Waals surface area contributed by atoms with E-state index >= 15 is 0 Å². The molecular weight excluding hydrogens is 521 g/mol. The molecule has 1 aromatic rings. The number of carbonyl (C=O) groups excluding carboxylic acids is 1. The number of nitrogens with zero attached hydrogens (tertiary/aromatic N) is 4. The van der Waals surface area contributed by atoms with Crippen molar-refractivity contribution >= 4 is 35.8 Å². The molecule has 0 aromatic heterocycles. The highest BCUT2D eigenvalue weighted by molar-refractivity contribution is 14.0. The summed E-state index contributed by atoms with van der Waals surface area (Å²) in [6.45, 7) is 9.11. The molecule has 1 amide bonds. The maximum Gasteiger partial charge on any atom is 0.251 e. The maximum absolute atomic E-state index is 12.5. The third-order valence-corrected chi connectivity index (χ3v) is 6.29. The number of aliphatic imine (C=N–C) groups is 1. The van der Waals surface area contributed by atoms with Crippen LogP contribution in [0.25, 0.3) is 0 Å². The Morgan fingerprint density at radius 2 is 1.66 bits per heavy atom. The number of hydrogen-bond acceptors (Lipinski definition) is 5. The van der Waals surface area contributed by atoms with Crippen molar-refractivity contribution in [2.75, 3.05) is 66.1 Å². The molecule has 1 atom stereocenters. The number of piperazine rings is 1. The minimum Gasteiger partial charge on any atom is -0.379 e. The number of carbonyl (C=O) groups is 1. The lowest BCUT2D eigenvalue weighted by molar-refractivity contribution is -0.142. The van der Waals surface area contributed by atoms with Crippen LogP contribution in [0.3, 0.4) is 0 Å². The fraction of sp³-hybridized carbons (Fsp3) is 0.652. The number of ether oxygens (including phenoxy) is 2. The maximum atomic E-state index is 12.5. The van der Waals surface area contributed by atoms with E-state index in [1.165, 1.54) is 11.1 Å². The molecular formula is C23H36IN5O3. The van der Waals surface area contributed by atoms with Crippen molar-refractivity contribution in [1.82, 2.24) is 20.0 Å². The summed E-state index contributed by atoms with van der Waals surface area (Å²) in [5, 5.41) is 3.48. The first-order chi connectivity index (χ1) is 15.2. The van der Waals surface area contributed by atoms with Gasteiger partial charge >= 0.3 is 0 Å². The smallest absolute Gasteiger partial charge is 0.251 e. The number of guanidine groups is 1. The van der Waals surface area contributed by atoms with E-state index in [0.29, 0.717) is 6.61 Å². The minimum absolute atomic E-state index is 0. The van der Waals surface area contributed by atoms with Crippen molar-refractivity contribution in [2.24, 2.45) is 4.99 Å². The summed E-state index contributed by atoms with van der Waals surface area (Å²) in [6, 6.07) is 8.80. The van der Waals surface area contributed by atoms with Gasteiger partial charge in [0.2, 0.25) is 0 Å². The zero-order valence-electron chi connectivity index (χ0n) is 19.0. The van der Waals surface area contributed by atoms with Gasteiger partial charge in [0, 0.05) is 66.0 Å². The Balaban J connectivity index is 0.00000289. The van der Waals surface area contributed by atoms with E-state index < -0.39 is 0 Å². The minimum atomic E-state index is -0.227. The standard InChI is InChI=1S/C23H35N5O3.HI/c1-24-23(28-10-8-27(9-11-28)22(29)21-3-2-14-31-21)25-17-19-4-6-20(7-5-19)18-26-12-15-30-16-13-26;/h4-7,21H,2-3,8-18H2,1H3,(H,24,25);1H. The third-order valence-electron chi connectivity index (χ3n) is 6.29. The summed E-state index contributed by atoms with van der Waals surface area (Å²) < 4.78 is 11.0. The molecule has 8 nitrogen and oxygen atoms in total. The van der Waals surface area contributed by atoms with Crippen molar-refractivity contribution in [1.29, 1.82) is 0 Å². The Bertz CT molecular complexity index is 741. The number of rotatable bonds is 5. The summed E-state index contributed by atoms with van der Waals surface area (Å²) >= 11 is 0. The van der Waals surface area contributed by atoms with Crippen LogP contribution >= 0.6 is 24.0 Å². The quantitative estimate of drug-likeness (QED) is 0.337. The van der Waals surface area contributed by atoms with Crippen molar-refractivity contribution in [3.8, 4) is 0 Å². The van der Waals surface area contributed by atoms with Crippen molar-refractivity contribution in [2.45, 2.75) is 32.0 Å². The third kappa shape index (κ3) is 6.79. The van der Waals surface area contributed by atoms with Gasteiger partial charge in [0.05, 0.1) is 13.2 Å². The van der Waals surface area contributed by atoms with E-state index in [9.17, 15) is 4.79 Å². The van der Waals surface area contributed by atoms with Crippen molar-refractivity contribution < 1.29 is 14.3 Å². The molecule has 3 aliphatic rings. The molecule has 3 fully saturated rings. The fourth-order valence-corrected chi connectivity index (χ4v) is 4.41. The number of morpholine rings is 1. The number of amides is 1. The summed E-state index contributed by atoms with van der Waals surface area (Å²) in [7, 11) is 1.82. The van der Waals surface area contributed by atoms with Gasteiger partial charge in [0.1, 0.15) is 6.10 Å². The Kier molecular flexibility index (Phi) is 10.0. The average Bonchev–Trinajstić information content (AvgIpc) is 3.36. The van der Waals surface area contributed by atoms with Crippen molar-refractivity contribution in [3.05, 3.63) is 35.4 Å².